The zero-order valence-corrected chi connectivity index (χ0v) is 12.2. The Morgan fingerprint density at radius 2 is 1.86 bits per heavy atom. The molecule has 0 fully saturated rings. The summed E-state index contributed by atoms with van der Waals surface area (Å²) in [6, 6.07) is 11.4. The van der Waals surface area contributed by atoms with Crippen molar-refractivity contribution >= 4 is 11.6 Å². The van der Waals surface area contributed by atoms with E-state index in [0.29, 0.717) is 30.3 Å². The van der Waals surface area contributed by atoms with E-state index in [4.69, 9.17) is 31.5 Å². The molecule has 0 saturated carbocycles. The van der Waals surface area contributed by atoms with Gasteiger partial charge >= 0.3 is 0 Å². The lowest BCUT2D eigenvalue weighted by atomic mass is 10.1. The Bertz CT molecular complexity index is 645. The molecule has 5 heteroatoms. The van der Waals surface area contributed by atoms with Crippen LogP contribution in [0.2, 0.25) is 5.02 Å². The minimum Gasteiger partial charge on any atom is -0.488 e. The first-order chi connectivity index (χ1) is 10.3. The normalized spacial score (nSPS) is 12.5. The lowest BCUT2D eigenvalue weighted by molar-refractivity contribution is 0.173. The maximum Gasteiger partial charge on any atom is 0.231 e. The van der Waals surface area contributed by atoms with Crippen LogP contribution in [0.15, 0.2) is 36.4 Å². The monoisotopic (exact) mass is 305 g/mol. The Morgan fingerprint density at radius 1 is 1.10 bits per heavy atom. The average molecular weight is 306 g/mol. The van der Waals surface area contributed by atoms with Crippen molar-refractivity contribution in [2.45, 2.75) is 13.0 Å². The molecule has 2 aromatic rings. The number of hydrogen-bond acceptors (Lipinski definition) is 4. The number of fused-ring (bicyclic) bond motifs is 1. The fourth-order valence-corrected chi connectivity index (χ4v) is 2.41. The van der Waals surface area contributed by atoms with Gasteiger partial charge in [0.05, 0.1) is 0 Å². The van der Waals surface area contributed by atoms with Crippen molar-refractivity contribution in [1.82, 2.24) is 0 Å². The summed E-state index contributed by atoms with van der Waals surface area (Å²) in [5, 5.41) is 0.693. The molecule has 0 aliphatic carbocycles. The minimum atomic E-state index is 0.241. The van der Waals surface area contributed by atoms with Crippen LogP contribution in [0.4, 0.5) is 0 Å². The Kier molecular flexibility index (Phi) is 4.18. The van der Waals surface area contributed by atoms with Gasteiger partial charge in [-0.2, -0.15) is 0 Å². The van der Waals surface area contributed by atoms with E-state index in [0.717, 1.165) is 22.6 Å². The second-order valence-corrected chi connectivity index (χ2v) is 5.14. The molecule has 0 amide bonds. The second kappa shape index (κ2) is 6.24. The SMILES string of the molecule is NCCc1cc2c(cc1OCc1ccccc1Cl)OCO2. The number of ether oxygens (including phenoxy) is 3. The van der Waals surface area contributed by atoms with Crippen molar-refractivity contribution in [3.05, 3.63) is 52.5 Å². The smallest absolute Gasteiger partial charge is 0.231 e. The fourth-order valence-electron chi connectivity index (χ4n) is 2.22. The summed E-state index contributed by atoms with van der Waals surface area (Å²) < 4.78 is 16.7. The van der Waals surface area contributed by atoms with Crippen molar-refractivity contribution in [2.24, 2.45) is 5.73 Å². The van der Waals surface area contributed by atoms with E-state index >= 15 is 0 Å². The topological polar surface area (TPSA) is 53.7 Å². The van der Waals surface area contributed by atoms with Gasteiger partial charge in [-0.15, -0.1) is 0 Å². The van der Waals surface area contributed by atoms with Crippen LogP contribution in [-0.2, 0) is 13.0 Å². The van der Waals surface area contributed by atoms with Gasteiger partial charge in [-0.3, -0.25) is 0 Å². The number of halogens is 1. The third kappa shape index (κ3) is 3.06. The first kappa shape index (κ1) is 14.0. The van der Waals surface area contributed by atoms with E-state index in [1.165, 1.54) is 0 Å². The van der Waals surface area contributed by atoms with Gasteiger partial charge in [-0.05, 0) is 30.7 Å². The van der Waals surface area contributed by atoms with Crippen molar-refractivity contribution in [3.63, 3.8) is 0 Å². The first-order valence-corrected chi connectivity index (χ1v) is 7.14. The first-order valence-electron chi connectivity index (χ1n) is 6.76. The van der Waals surface area contributed by atoms with Crippen LogP contribution in [-0.4, -0.2) is 13.3 Å². The fraction of sp³-hybridized carbons (Fsp3) is 0.250. The van der Waals surface area contributed by atoms with Crippen molar-refractivity contribution in [2.75, 3.05) is 13.3 Å². The molecule has 0 spiro atoms. The van der Waals surface area contributed by atoms with Gasteiger partial charge in [0.1, 0.15) is 12.4 Å². The maximum atomic E-state index is 6.14. The molecular weight excluding hydrogens is 290 g/mol. The molecule has 1 aliphatic heterocycles. The summed E-state index contributed by atoms with van der Waals surface area (Å²) in [5.41, 5.74) is 7.61. The Balaban J connectivity index is 1.82. The molecule has 1 heterocycles. The van der Waals surface area contributed by atoms with Crippen LogP contribution in [0.5, 0.6) is 17.2 Å². The van der Waals surface area contributed by atoms with Crippen LogP contribution < -0.4 is 19.9 Å². The lowest BCUT2D eigenvalue weighted by Gasteiger charge is -2.13. The third-order valence-electron chi connectivity index (χ3n) is 3.31. The van der Waals surface area contributed by atoms with Gasteiger partial charge < -0.3 is 19.9 Å². The van der Waals surface area contributed by atoms with E-state index in [-0.39, 0.29) is 6.79 Å². The summed E-state index contributed by atoms with van der Waals surface area (Å²) in [4.78, 5) is 0. The molecule has 110 valence electrons. The second-order valence-electron chi connectivity index (χ2n) is 4.73. The molecule has 0 saturated heterocycles. The van der Waals surface area contributed by atoms with E-state index in [1.807, 2.05) is 36.4 Å². The number of benzene rings is 2. The molecule has 2 N–H and O–H groups in total. The molecule has 21 heavy (non-hydrogen) atoms. The summed E-state index contributed by atoms with van der Waals surface area (Å²) in [7, 11) is 0. The highest BCUT2D eigenvalue weighted by atomic mass is 35.5. The summed E-state index contributed by atoms with van der Waals surface area (Å²) >= 11 is 6.14. The Hall–Kier alpha value is -1.91. The van der Waals surface area contributed by atoms with Gasteiger partial charge in [0.15, 0.2) is 11.5 Å². The molecule has 4 nitrogen and oxygen atoms in total. The van der Waals surface area contributed by atoms with Crippen LogP contribution in [0.25, 0.3) is 0 Å². The van der Waals surface area contributed by atoms with Crippen LogP contribution in [0, 0.1) is 0 Å². The standard InChI is InChI=1S/C16H16ClNO3/c17-13-4-2-1-3-12(13)9-19-14-8-16-15(20-10-21-16)7-11(14)5-6-18/h1-4,7-8H,5-6,9-10,18H2. The Labute approximate surface area is 128 Å². The van der Waals surface area contributed by atoms with Crippen LogP contribution >= 0.6 is 11.6 Å². The molecule has 1 aliphatic rings. The quantitative estimate of drug-likeness (QED) is 0.922. The van der Waals surface area contributed by atoms with Crippen molar-refractivity contribution < 1.29 is 14.2 Å². The molecule has 0 atom stereocenters. The summed E-state index contributed by atoms with van der Waals surface area (Å²) in [6.07, 6.45) is 0.717. The number of nitrogens with two attached hydrogens (primary N) is 1. The van der Waals surface area contributed by atoms with E-state index in [2.05, 4.69) is 0 Å². The molecule has 2 aromatic carbocycles. The zero-order chi connectivity index (χ0) is 14.7. The van der Waals surface area contributed by atoms with Gasteiger partial charge in [-0.1, -0.05) is 29.8 Å². The van der Waals surface area contributed by atoms with Crippen molar-refractivity contribution in [3.8, 4) is 17.2 Å². The highest BCUT2D eigenvalue weighted by Crippen LogP contribution is 2.38. The number of hydrogen-bond donors (Lipinski definition) is 1. The van der Waals surface area contributed by atoms with Crippen LogP contribution in [0.1, 0.15) is 11.1 Å². The minimum absolute atomic E-state index is 0.241. The van der Waals surface area contributed by atoms with Crippen molar-refractivity contribution in [1.29, 1.82) is 0 Å². The highest BCUT2D eigenvalue weighted by Gasteiger charge is 2.18. The largest absolute Gasteiger partial charge is 0.488 e. The molecular formula is C16H16ClNO3. The van der Waals surface area contributed by atoms with E-state index in [9.17, 15) is 0 Å². The zero-order valence-electron chi connectivity index (χ0n) is 11.5. The molecule has 0 bridgehead atoms. The van der Waals surface area contributed by atoms with E-state index in [1.54, 1.807) is 0 Å². The van der Waals surface area contributed by atoms with Gasteiger partial charge in [-0.25, -0.2) is 0 Å². The molecule has 0 aromatic heterocycles. The molecule has 0 radical (unpaired) electrons. The van der Waals surface area contributed by atoms with Gasteiger partial charge in [0.25, 0.3) is 0 Å². The van der Waals surface area contributed by atoms with Crippen LogP contribution in [0.3, 0.4) is 0 Å². The summed E-state index contributed by atoms with van der Waals surface area (Å²) in [5.74, 6) is 2.19. The van der Waals surface area contributed by atoms with Gasteiger partial charge in [0, 0.05) is 16.7 Å². The Morgan fingerprint density at radius 3 is 2.62 bits per heavy atom. The third-order valence-corrected chi connectivity index (χ3v) is 3.68. The molecule has 0 unspecified atom stereocenters. The van der Waals surface area contributed by atoms with E-state index < -0.39 is 0 Å². The predicted octanol–water partition coefficient (Wildman–Crippen LogP) is 3.15. The highest BCUT2D eigenvalue weighted by molar-refractivity contribution is 6.31. The average Bonchev–Trinajstić information content (AvgIpc) is 2.94. The summed E-state index contributed by atoms with van der Waals surface area (Å²) in [6.45, 7) is 1.18. The predicted molar refractivity (Wildman–Crippen MR) is 81.1 cm³/mol. The maximum absolute atomic E-state index is 6.14. The lowest BCUT2D eigenvalue weighted by Crippen LogP contribution is -2.05. The van der Waals surface area contributed by atoms with Gasteiger partial charge in [0.2, 0.25) is 6.79 Å². The number of rotatable bonds is 5. The molecule has 3 rings (SSSR count).